The van der Waals surface area contributed by atoms with Crippen LogP contribution in [0.1, 0.15) is 5.69 Å². The molecule has 1 aromatic carbocycles. The Balaban J connectivity index is 2.19. The Morgan fingerprint density at radius 1 is 1.21 bits per heavy atom. The number of rotatable bonds is 4. The summed E-state index contributed by atoms with van der Waals surface area (Å²) < 4.78 is 22.8. The van der Waals surface area contributed by atoms with Gasteiger partial charge in [-0.1, -0.05) is 29.8 Å². The van der Waals surface area contributed by atoms with Gasteiger partial charge in [-0.2, -0.15) is 0 Å². The van der Waals surface area contributed by atoms with Crippen molar-refractivity contribution in [3.05, 3.63) is 47.2 Å². The van der Waals surface area contributed by atoms with E-state index in [0.717, 1.165) is 11.9 Å². The molecule has 1 heterocycles. The zero-order chi connectivity index (χ0) is 13.9. The number of halogens is 1. The largest absolute Gasteiger partial charge is 0.379 e. The summed E-state index contributed by atoms with van der Waals surface area (Å²) in [5.74, 6) is 0. The molecule has 0 saturated carbocycles. The fourth-order valence-corrected chi connectivity index (χ4v) is 2.25. The molecular formula is C12H12ClN3O2S. The summed E-state index contributed by atoms with van der Waals surface area (Å²) in [5.41, 5.74) is 1.43. The van der Waals surface area contributed by atoms with Crippen LogP contribution in [0.25, 0.3) is 0 Å². The number of hydrogen-bond acceptors (Lipinski definition) is 5. The van der Waals surface area contributed by atoms with Gasteiger partial charge in [0.05, 0.1) is 12.2 Å². The Bertz CT molecular complexity index is 675. The van der Waals surface area contributed by atoms with E-state index < -0.39 is 9.84 Å². The van der Waals surface area contributed by atoms with Crippen LogP contribution >= 0.6 is 11.6 Å². The van der Waals surface area contributed by atoms with Crippen molar-refractivity contribution in [3.63, 3.8) is 0 Å². The predicted octanol–water partition coefficient (Wildman–Crippen LogP) is 2.15. The van der Waals surface area contributed by atoms with E-state index >= 15 is 0 Å². The molecule has 0 atom stereocenters. The fourth-order valence-electron chi connectivity index (χ4n) is 1.45. The molecule has 1 N–H and O–H groups in total. The summed E-state index contributed by atoms with van der Waals surface area (Å²) >= 11 is 5.79. The zero-order valence-electron chi connectivity index (χ0n) is 10.2. The van der Waals surface area contributed by atoms with E-state index in [1.165, 1.54) is 6.07 Å². The van der Waals surface area contributed by atoms with Gasteiger partial charge in [0.15, 0.2) is 0 Å². The number of nitrogens with zero attached hydrogens (tertiary/aromatic N) is 2. The lowest BCUT2D eigenvalue weighted by molar-refractivity contribution is 0.592. The minimum atomic E-state index is -3.47. The van der Waals surface area contributed by atoms with E-state index in [1.54, 1.807) is 0 Å². The van der Waals surface area contributed by atoms with Gasteiger partial charge < -0.3 is 5.32 Å². The first-order chi connectivity index (χ1) is 8.95. The van der Waals surface area contributed by atoms with Crippen LogP contribution in [0.4, 0.5) is 5.69 Å². The van der Waals surface area contributed by atoms with Crippen LogP contribution in [0.5, 0.6) is 0 Å². The number of sulfone groups is 1. The van der Waals surface area contributed by atoms with Crippen molar-refractivity contribution in [1.82, 2.24) is 9.97 Å². The molecule has 0 radical (unpaired) electrons. The van der Waals surface area contributed by atoms with Crippen molar-refractivity contribution in [2.24, 2.45) is 0 Å². The lowest BCUT2D eigenvalue weighted by atomic mass is 10.3. The van der Waals surface area contributed by atoms with Gasteiger partial charge in [0.25, 0.3) is 0 Å². The zero-order valence-corrected chi connectivity index (χ0v) is 11.7. The standard InChI is InChI=1S/C12H12ClN3O2S/c1-19(17,18)12-15-10(7-11(13)16-12)8-14-9-5-3-2-4-6-9/h2-7,14H,8H2,1H3. The van der Waals surface area contributed by atoms with Gasteiger partial charge in [0.2, 0.25) is 15.0 Å². The van der Waals surface area contributed by atoms with Crippen molar-refractivity contribution < 1.29 is 8.42 Å². The summed E-state index contributed by atoms with van der Waals surface area (Å²) in [6, 6.07) is 11.1. The highest BCUT2D eigenvalue weighted by molar-refractivity contribution is 7.90. The molecule has 100 valence electrons. The van der Waals surface area contributed by atoms with Crippen molar-refractivity contribution in [2.75, 3.05) is 11.6 Å². The topological polar surface area (TPSA) is 72.0 Å². The quantitative estimate of drug-likeness (QED) is 0.691. The number of anilines is 1. The molecule has 0 aliphatic carbocycles. The maximum Gasteiger partial charge on any atom is 0.248 e. The van der Waals surface area contributed by atoms with Crippen molar-refractivity contribution in [1.29, 1.82) is 0 Å². The third-order valence-electron chi connectivity index (χ3n) is 2.31. The Labute approximate surface area is 116 Å². The highest BCUT2D eigenvalue weighted by atomic mass is 35.5. The molecule has 0 aliphatic heterocycles. The van der Waals surface area contributed by atoms with Gasteiger partial charge in [-0.15, -0.1) is 0 Å². The second-order valence-corrected chi connectivity index (χ2v) is 6.25. The minimum absolute atomic E-state index is 0.111. The maximum absolute atomic E-state index is 11.4. The third-order valence-corrected chi connectivity index (χ3v) is 3.35. The Kier molecular flexibility index (Phi) is 4.01. The Morgan fingerprint density at radius 3 is 2.53 bits per heavy atom. The van der Waals surface area contributed by atoms with Crippen LogP contribution in [0.15, 0.2) is 41.6 Å². The van der Waals surface area contributed by atoms with E-state index in [9.17, 15) is 8.42 Å². The molecule has 0 aliphatic rings. The van der Waals surface area contributed by atoms with Gasteiger partial charge in [0, 0.05) is 11.9 Å². The van der Waals surface area contributed by atoms with Crippen LogP contribution < -0.4 is 5.32 Å². The van der Waals surface area contributed by atoms with Crippen molar-refractivity contribution in [3.8, 4) is 0 Å². The summed E-state index contributed by atoms with van der Waals surface area (Å²) in [6.07, 6.45) is 1.05. The van der Waals surface area contributed by atoms with Gasteiger partial charge in [0.1, 0.15) is 5.15 Å². The summed E-state index contributed by atoms with van der Waals surface area (Å²) in [4.78, 5) is 7.67. The average molecular weight is 298 g/mol. The van der Waals surface area contributed by atoms with Crippen LogP contribution in [-0.2, 0) is 16.4 Å². The Morgan fingerprint density at radius 2 is 1.89 bits per heavy atom. The normalized spacial score (nSPS) is 11.3. The molecule has 5 nitrogen and oxygen atoms in total. The Hall–Kier alpha value is -1.66. The third kappa shape index (κ3) is 3.90. The first kappa shape index (κ1) is 13.8. The van der Waals surface area contributed by atoms with E-state index in [2.05, 4.69) is 15.3 Å². The molecule has 0 fully saturated rings. The second kappa shape index (κ2) is 5.54. The molecule has 0 bridgehead atoms. The highest BCUT2D eigenvalue weighted by Crippen LogP contribution is 2.13. The van der Waals surface area contributed by atoms with Gasteiger partial charge >= 0.3 is 0 Å². The molecule has 0 spiro atoms. The summed E-state index contributed by atoms with van der Waals surface area (Å²) in [5, 5.41) is 2.98. The average Bonchev–Trinajstić information content (AvgIpc) is 2.36. The van der Waals surface area contributed by atoms with Crippen LogP contribution in [0.3, 0.4) is 0 Å². The SMILES string of the molecule is CS(=O)(=O)c1nc(Cl)cc(CNc2ccccc2)n1. The molecule has 1 aromatic heterocycles. The molecule has 0 unspecified atom stereocenters. The lowest BCUT2D eigenvalue weighted by Gasteiger charge is -2.07. The number of hydrogen-bond donors (Lipinski definition) is 1. The molecule has 7 heteroatoms. The molecule has 0 amide bonds. The summed E-state index contributed by atoms with van der Waals surface area (Å²) in [7, 11) is -3.47. The number of para-hydroxylation sites is 1. The molecule has 2 rings (SSSR count). The van der Waals surface area contributed by atoms with E-state index in [-0.39, 0.29) is 10.3 Å². The second-order valence-electron chi connectivity index (χ2n) is 3.96. The summed E-state index contributed by atoms with van der Waals surface area (Å²) in [6.45, 7) is 0.370. The highest BCUT2D eigenvalue weighted by Gasteiger charge is 2.13. The smallest absolute Gasteiger partial charge is 0.248 e. The molecule has 19 heavy (non-hydrogen) atoms. The number of nitrogens with one attached hydrogen (secondary N) is 1. The first-order valence-corrected chi connectivity index (χ1v) is 7.74. The monoisotopic (exact) mass is 297 g/mol. The van der Waals surface area contributed by atoms with Crippen LogP contribution in [0, 0.1) is 0 Å². The fraction of sp³-hybridized carbons (Fsp3) is 0.167. The maximum atomic E-state index is 11.4. The first-order valence-electron chi connectivity index (χ1n) is 5.47. The van der Waals surface area contributed by atoms with E-state index in [1.807, 2.05) is 30.3 Å². The predicted molar refractivity (Wildman–Crippen MR) is 73.9 cm³/mol. The van der Waals surface area contributed by atoms with Crippen molar-refractivity contribution in [2.45, 2.75) is 11.7 Å². The van der Waals surface area contributed by atoms with Gasteiger partial charge in [-0.05, 0) is 18.2 Å². The lowest BCUT2D eigenvalue weighted by Crippen LogP contribution is -2.09. The molecule has 2 aromatic rings. The number of benzene rings is 1. The van der Waals surface area contributed by atoms with Crippen LogP contribution in [0.2, 0.25) is 5.15 Å². The minimum Gasteiger partial charge on any atom is -0.379 e. The van der Waals surface area contributed by atoms with Gasteiger partial charge in [-0.25, -0.2) is 18.4 Å². The van der Waals surface area contributed by atoms with Gasteiger partial charge in [-0.3, -0.25) is 0 Å². The van der Waals surface area contributed by atoms with Crippen molar-refractivity contribution >= 4 is 27.1 Å². The van der Waals surface area contributed by atoms with Crippen LogP contribution in [-0.4, -0.2) is 24.6 Å². The van der Waals surface area contributed by atoms with E-state index in [4.69, 9.17) is 11.6 Å². The van der Waals surface area contributed by atoms with E-state index in [0.29, 0.717) is 12.2 Å². The molecular weight excluding hydrogens is 286 g/mol. The number of aromatic nitrogens is 2. The molecule has 0 saturated heterocycles.